The van der Waals surface area contributed by atoms with Gasteiger partial charge in [0.2, 0.25) is 5.91 Å². The van der Waals surface area contributed by atoms with Crippen LogP contribution in [0.15, 0.2) is 24.3 Å². The van der Waals surface area contributed by atoms with Crippen LogP contribution in [0.5, 0.6) is 0 Å². The predicted molar refractivity (Wildman–Crippen MR) is 71.1 cm³/mol. The van der Waals surface area contributed by atoms with Crippen LogP contribution >= 0.6 is 0 Å². The normalized spacial score (nSPS) is 11.3. The highest BCUT2D eigenvalue weighted by Crippen LogP contribution is 2.20. The van der Waals surface area contributed by atoms with Crippen LogP contribution in [0.3, 0.4) is 0 Å². The van der Waals surface area contributed by atoms with Gasteiger partial charge in [0.15, 0.2) is 0 Å². The van der Waals surface area contributed by atoms with Gasteiger partial charge in [-0.3, -0.25) is 4.79 Å². The molecule has 0 heterocycles. The molecule has 0 aliphatic rings. The number of anilines is 1. The molecule has 1 aromatic carbocycles. The van der Waals surface area contributed by atoms with Gasteiger partial charge in [-0.1, -0.05) is 13.8 Å². The maximum absolute atomic E-state index is 10.9. The molecule has 0 unspecified atom stereocenters. The zero-order valence-electron chi connectivity index (χ0n) is 10.7. The molecule has 0 atom stereocenters. The highest BCUT2D eigenvalue weighted by Gasteiger charge is 2.18. The molecule has 0 spiro atoms. The van der Waals surface area contributed by atoms with E-state index in [2.05, 4.69) is 18.7 Å². The standard InChI is InChI=1S/C13H21N3O/c1-13(2,8-14)9-16(3)11-6-4-10(5-7-11)12(15)17/h4-7H,8-9,14H2,1-3H3,(H2,15,17). The molecule has 17 heavy (non-hydrogen) atoms. The lowest BCUT2D eigenvalue weighted by Gasteiger charge is -2.30. The van der Waals surface area contributed by atoms with Crippen LogP contribution in [0.4, 0.5) is 5.69 Å². The maximum Gasteiger partial charge on any atom is 0.248 e. The lowest BCUT2D eigenvalue weighted by atomic mass is 9.93. The second-order valence-corrected chi connectivity index (χ2v) is 5.14. The van der Waals surface area contributed by atoms with E-state index in [0.29, 0.717) is 12.1 Å². The Morgan fingerprint density at radius 3 is 2.24 bits per heavy atom. The molecule has 0 saturated carbocycles. The van der Waals surface area contributed by atoms with Crippen LogP contribution in [0, 0.1) is 5.41 Å². The first kappa shape index (κ1) is 13.5. The fraction of sp³-hybridized carbons (Fsp3) is 0.462. The first-order chi connectivity index (χ1) is 7.85. The van der Waals surface area contributed by atoms with Crippen LogP contribution in [-0.4, -0.2) is 26.0 Å². The van der Waals surface area contributed by atoms with Crippen molar-refractivity contribution < 1.29 is 4.79 Å². The number of benzene rings is 1. The van der Waals surface area contributed by atoms with Crippen LogP contribution in [0.25, 0.3) is 0 Å². The summed E-state index contributed by atoms with van der Waals surface area (Å²) >= 11 is 0. The molecule has 0 bridgehead atoms. The van der Waals surface area contributed by atoms with E-state index in [1.165, 1.54) is 0 Å². The zero-order valence-corrected chi connectivity index (χ0v) is 10.7. The highest BCUT2D eigenvalue weighted by molar-refractivity contribution is 5.93. The first-order valence-electron chi connectivity index (χ1n) is 5.67. The number of hydrogen-bond acceptors (Lipinski definition) is 3. The highest BCUT2D eigenvalue weighted by atomic mass is 16.1. The van der Waals surface area contributed by atoms with Crippen LogP contribution < -0.4 is 16.4 Å². The fourth-order valence-corrected chi connectivity index (χ4v) is 1.68. The fourth-order valence-electron chi connectivity index (χ4n) is 1.68. The van der Waals surface area contributed by atoms with Crippen LogP contribution in [0.2, 0.25) is 0 Å². The molecule has 1 aromatic rings. The number of nitrogens with zero attached hydrogens (tertiary/aromatic N) is 1. The Hall–Kier alpha value is -1.55. The minimum atomic E-state index is -0.401. The summed E-state index contributed by atoms with van der Waals surface area (Å²) < 4.78 is 0. The van der Waals surface area contributed by atoms with Gasteiger partial charge in [0.05, 0.1) is 0 Å². The molecule has 0 aliphatic carbocycles. The monoisotopic (exact) mass is 235 g/mol. The number of carbonyl (C=O) groups excluding carboxylic acids is 1. The van der Waals surface area contributed by atoms with E-state index in [1.807, 2.05) is 19.2 Å². The molecule has 0 saturated heterocycles. The van der Waals surface area contributed by atoms with Crippen molar-refractivity contribution in [2.45, 2.75) is 13.8 Å². The van der Waals surface area contributed by atoms with Crippen molar-refractivity contribution in [3.05, 3.63) is 29.8 Å². The van der Waals surface area contributed by atoms with E-state index in [9.17, 15) is 4.79 Å². The van der Waals surface area contributed by atoms with E-state index in [0.717, 1.165) is 12.2 Å². The predicted octanol–water partition coefficient (Wildman–Crippen LogP) is 1.21. The van der Waals surface area contributed by atoms with Gasteiger partial charge in [0, 0.05) is 24.8 Å². The molecule has 4 nitrogen and oxygen atoms in total. The molecule has 1 rings (SSSR count). The Bertz CT molecular complexity index is 384. The number of rotatable bonds is 5. The quantitative estimate of drug-likeness (QED) is 0.805. The van der Waals surface area contributed by atoms with E-state index in [-0.39, 0.29) is 5.41 Å². The van der Waals surface area contributed by atoms with E-state index in [4.69, 9.17) is 11.5 Å². The Kier molecular flexibility index (Phi) is 4.12. The number of nitrogens with two attached hydrogens (primary N) is 2. The van der Waals surface area contributed by atoms with Crippen molar-refractivity contribution in [2.75, 3.05) is 25.0 Å². The summed E-state index contributed by atoms with van der Waals surface area (Å²) in [4.78, 5) is 13.1. The lowest BCUT2D eigenvalue weighted by molar-refractivity contribution is 0.100. The second-order valence-electron chi connectivity index (χ2n) is 5.14. The average Bonchev–Trinajstić information content (AvgIpc) is 2.28. The van der Waals surface area contributed by atoms with Crippen molar-refractivity contribution >= 4 is 11.6 Å². The third-order valence-corrected chi connectivity index (χ3v) is 2.81. The summed E-state index contributed by atoms with van der Waals surface area (Å²) in [5.41, 5.74) is 12.5. The van der Waals surface area contributed by atoms with Gasteiger partial charge in [-0.25, -0.2) is 0 Å². The molecular formula is C13H21N3O. The Labute approximate surface area is 103 Å². The average molecular weight is 235 g/mol. The van der Waals surface area contributed by atoms with Gasteiger partial charge in [0.25, 0.3) is 0 Å². The SMILES string of the molecule is CN(CC(C)(C)CN)c1ccc(C(N)=O)cc1. The Morgan fingerprint density at radius 1 is 1.29 bits per heavy atom. The summed E-state index contributed by atoms with van der Waals surface area (Å²) in [6.45, 7) is 5.75. The molecular weight excluding hydrogens is 214 g/mol. The van der Waals surface area contributed by atoms with Gasteiger partial charge in [-0.2, -0.15) is 0 Å². The van der Waals surface area contributed by atoms with Gasteiger partial charge in [-0.15, -0.1) is 0 Å². The van der Waals surface area contributed by atoms with Gasteiger partial charge in [-0.05, 0) is 36.2 Å². The third-order valence-electron chi connectivity index (χ3n) is 2.81. The van der Waals surface area contributed by atoms with Crippen molar-refractivity contribution in [1.29, 1.82) is 0 Å². The number of carbonyl (C=O) groups is 1. The number of hydrogen-bond donors (Lipinski definition) is 2. The topological polar surface area (TPSA) is 72.3 Å². The molecule has 0 radical (unpaired) electrons. The van der Waals surface area contributed by atoms with Crippen molar-refractivity contribution in [3.8, 4) is 0 Å². The van der Waals surface area contributed by atoms with E-state index in [1.54, 1.807) is 12.1 Å². The summed E-state index contributed by atoms with van der Waals surface area (Å²) in [5, 5.41) is 0. The van der Waals surface area contributed by atoms with Gasteiger partial charge >= 0.3 is 0 Å². The largest absolute Gasteiger partial charge is 0.374 e. The third kappa shape index (κ3) is 3.75. The summed E-state index contributed by atoms with van der Waals surface area (Å²) in [6, 6.07) is 7.27. The summed E-state index contributed by atoms with van der Waals surface area (Å²) in [7, 11) is 2.01. The van der Waals surface area contributed by atoms with Crippen molar-refractivity contribution in [3.63, 3.8) is 0 Å². The van der Waals surface area contributed by atoms with Crippen LogP contribution in [-0.2, 0) is 0 Å². The van der Waals surface area contributed by atoms with E-state index < -0.39 is 5.91 Å². The Morgan fingerprint density at radius 2 is 1.82 bits per heavy atom. The smallest absolute Gasteiger partial charge is 0.248 e. The van der Waals surface area contributed by atoms with Crippen molar-refractivity contribution in [2.24, 2.45) is 16.9 Å². The zero-order chi connectivity index (χ0) is 13.1. The minimum absolute atomic E-state index is 0.0666. The molecule has 1 amide bonds. The molecule has 94 valence electrons. The second kappa shape index (κ2) is 5.19. The molecule has 4 N–H and O–H groups in total. The van der Waals surface area contributed by atoms with E-state index >= 15 is 0 Å². The summed E-state index contributed by atoms with van der Waals surface area (Å²) in [6.07, 6.45) is 0. The first-order valence-corrected chi connectivity index (χ1v) is 5.67. The van der Waals surface area contributed by atoms with Crippen molar-refractivity contribution in [1.82, 2.24) is 0 Å². The van der Waals surface area contributed by atoms with Gasteiger partial charge in [0.1, 0.15) is 0 Å². The van der Waals surface area contributed by atoms with Gasteiger partial charge < -0.3 is 16.4 Å². The molecule has 0 aromatic heterocycles. The molecule has 0 fully saturated rings. The minimum Gasteiger partial charge on any atom is -0.374 e. The number of primary amides is 1. The molecule has 0 aliphatic heterocycles. The van der Waals surface area contributed by atoms with Crippen LogP contribution in [0.1, 0.15) is 24.2 Å². The lowest BCUT2D eigenvalue weighted by Crippen LogP contribution is -2.36. The molecule has 4 heteroatoms. The number of amides is 1. The summed E-state index contributed by atoms with van der Waals surface area (Å²) in [5.74, 6) is -0.401. The Balaban J connectivity index is 2.76. The maximum atomic E-state index is 10.9.